The third kappa shape index (κ3) is 4.07. The lowest BCUT2D eigenvalue weighted by atomic mass is 10.3. The van der Waals surface area contributed by atoms with E-state index in [2.05, 4.69) is 9.05 Å². The van der Waals surface area contributed by atoms with Crippen LogP contribution in [0.25, 0.3) is 0 Å². The number of aliphatic hydroxyl groups is 2. The second-order valence-corrected chi connectivity index (χ2v) is 5.20. The van der Waals surface area contributed by atoms with E-state index in [-0.39, 0.29) is 13.2 Å². The maximum absolute atomic E-state index is 13.5. The van der Waals surface area contributed by atoms with Gasteiger partial charge in [-0.05, 0) is 13.8 Å². The van der Waals surface area contributed by atoms with E-state index in [1.165, 1.54) is 13.8 Å². The molecule has 0 saturated carbocycles. The first-order chi connectivity index (χ1) is 7.33. The average Bonchev–Trinajstić information content (AvgIpc) is 2.17. The Hall–Kier alpha value is -0.0700. The van der Waals surface area contributed by atoms with Crippen molar-refractivity contribution in [2.24, 2.45) is 0 Å². The van der Waals surface area contributed by atoms with Crippen LogP contribution in [0.3, 0.4) is 0 Å². The number of hydrogen-bond donors (Lipinski definition) is 2. The molecule has 0 spiro atoms. The molecule has 0 rings (SSSR count). The summed E-state index contributed by atoms with van der Waals surface area (Å²) in [6, 6.07) is 0. The number of rotatable bonds is 8. The predicted molar refractivity (Wildman–Crippen MR) is 53.5 cm³/mol. The highest BCUT2D eigenvalue weighted by atomic mass is 31.2. The molecule has 8 heteroatoms. The van der Waals surface area contributed by atoms with Crippen molar-refractivity contribution >= 4 is 7.60 Å². The van der Waals surface area contributed by atoms with Gasteiger partial charge in [-0.2, -0.15) is 8.78 Å². The van der Waals surface area contributed by atoms with Crippen molar-refractivity contribution in [2.45, 2.75) is 32.0 Å². The largest absolute Gasteiger partial charge is 0.399 e. The van der Waals surface area contributed by atoms with E-state index in [0.29, 0.717) is 0 Å². The van der Waals surface area contributed by atoms with Gasteiger partial charge in [0.05, 0.1) is 32.3 Å². The topological polar surface area (TPSA) is 76.0 Å². The van der Waals surface area contributed by atoms with Crippen LogP contribution >= 0.6 is 7.60 Å². The summed E-state index contributed by atoms with van der Waals surface area (Å²) in [5.41, 5.74) is -3.82. The minimum Gasteiger partial charge on any atom is -0.394 e. The van der Waals surface area contributed by atoms with E-state index < -0.39 is 32.4 Å². The third-order valence-electron chi connectivity index (χ3n) is 1.69. The Labute approximate surface area is 92.9 Å². The van der Waals surface area contributed by atoms with E-state index in [4.69, 9.17) is 10.2 Å². The monoisotopic (exact) mass is 262 g/mol. The fourth-order valence-corrected chi connectivity index (χ4v) is 2.59. The van der Waals surface area contributed by atoms with E-state index in [1.54, 1.807) is 0 Å². The fraction of sp³-hybridized carbons (Fsp3) is 1.00. The normalized spacial score (nSPS) is 15.1. The summed E-state index contributed by atoms with van der Waals surface area (Å²) in [6.07, 6.45) is -2.83. The van der Waals surface area contributed by atoms with Gasteiger partial charge in [-0.3, -0.25) is 4.57 Å². The summed E-state index contributed by atoms with van der Waals surface area (Å²) >= 11 is 0. The lowest BCUT2D eigenvalue weighted by Crippen LogP contribution is -2.28. The zero-order chi connectivity index (χ0) is 12.8. The molecule has 0 aromatic heterocycles. The molecule has 0 bridgehead atoms. The van der Waals surface area contributed by atoms with Crippen molar-refractivity contribution in [1.29, 1.82) is 0 Å². The molecule has 0 unspecified atom stereocenters. The fourth-order valence-electron chi connectivity index (χ4n) is 1.03. The third-order valence-corrected chi connectivity index (χ3v) is 3.87. The molecule has 0 fully saturated rings. The highest BCUT2D eigenvalue weighted by molar-refractivity contribution is 7.55. The molecule has 1 atom stereocenters. The van der Waals surface area contributed by atoms with Gasteiger partial charge in [0.1, 0.15) is 0 Å². The molecule has 0 aromatic rings. The lowest BCUT2D eigenvalue weighted by Gasteiger charge is -2.26. The van der Waals surface area contributed by atoms with Gasteiger partial charge in [-0.25, -0.2) is 0 Å². The molecule has 0 radical (unpaired) electrons. The first-order valence-corrected chi connectivity index (χ1v) is 6.43. The van der Waals surface area contributed by atoms with Crippen LogP contribution in [-0.4, -0.2) is 41.8 Å². The van der Waals surface area contributed by atoms with Gasteiger partial charge >= 0.3 is 13.3 Å². The van der Waals surface area contributed by atoms with Gasteiger partial charge in [0.25, 0.3) is 0 Å². The molecule has 0 aliphatic carbocycles. The summed E-state index contributed by atoms with van der Waals surface area (Å²) in [5.74, 6) is 0. The highest BCUT2D eigenvalue weighted by Crippen LogP contribution is 2.63. The quantitative estimate of drug-likeness (QED) is 0.649. The Morgan fingerprint density at radius 3 is 2.06 bits per heavy atom. The van der Waals surface area contributed by atoms with Crippen molar-refractivity contribution < 1.29 is 32.6 Å². The molecule has 0 heterocycles. The molecule has 0 amide bonds. The van der Waals surface area contributed by atoms with Crippen LogP contribution in [0, 0.1) is 0 Å². The van der Waals surface area contributed by atoms with Crippen LogP contribution in [0.15, 0.2) is 0 Å². The average molecular weight is 262 g/mol. The first kappa shape index (κ1) is 15.9. The van der Waals surface area contributed by atoms with Crippen LogP contribution in [0.1, 0.15) is 20.3 Å². The van der Waals surface area contributed by atoms with Crippen LogP contribution < -0.4 is 0 Å². The zero-order valence-corrected chi connectivity index (χ0v) is 10.1. The van der Waals surface area contributed by atoms with Crippen molar-refractivity contribution in [1.82, 2.24) is 0 Å². The Morgan fingerprint density at radius 2 is 1.75 bits per heavy atom. The second kappa shape index (κ2) is 6.61. The van der Waals surface area contributed by atoms with Gasteiger partial charge in [-0.15, -0.1) is 0 Å². The van der Waals surface area contributed by atoms with Gasteiger partial charge in [0, 0.05) is 0 Å². The van der Waals surface area contributed by atoms with Gasteiger partial charge in [0.2, 0.25) is 0 Å². The first-order valence-electron chi connectivity index (χ1n) is 4.89. The minimum atomic E-state index is -4.59. The van der Waals surface area contributed by atoms with E-state index in [1.807, 2.05) is 0 Å². The smallest absolute Gasteiger partial charge is 0.394 e. The van der Waals surface area contributed by atoms with Crippen molar-refractivity contribution in [3.05, 3.63) is 0 Å². The standard InChI is InChI=1S/C8H17F2O5P/c1-3-14-16(13,15-4-2)8(9,10)5-7(12)6-11/h7,11-12H,3-6H2,1-2H3/t7-/m1/s1. The summed E-state index contributed by atoms with van der Waals surface area (Å²) in [7, 11) is -4.59. The maximum Gasteiger partial charge on any atom is 0.399 e. The molecule has 98 valence electrons. The molecular weight excluding hydrogens is 245 g/mol. The van der Waals surface area contributed by atoms with Crippen LogP contribution in [0.2, 0.25) is 0 Å². The van der Waals surface area contributed by atoms with Gasteiger partial charge in [0.15, 0.2) is 0 Å². The number of hydrogen-bond acceptors (Lipinski definition) is 5. The van der Waals surface area contributed by atoms with Crippen LogP contribution in [-0.2, 0) is 13.6 Å². The molecule has 2 N–H and O–H groups in total. The highest BCUT2D eigenvalue weighted by Gasteiger charge is 2.54. The van der Waals surface area contributed by atoms with E-state index in [9.17, 15) is 13.3 Å². The number of aliphatic hydroxyl groups excluding tert-OH is 2. The van der Waals surface area contributed by atoms with E-state index >= 15 is 0 Å². The van der Waals surface area contributed by atoms with E-state index in [0.717, 1.165) is 0 Å². The molecule has 0 saturated heterocycles. The van der Waals surface area contributed by atoms with Gasteiger partial charge in [-0.1, -0.05) is 0 Å². The predicted octanol–water partition coefficient (Wildman–Crippen LogP) is 1.59. The Kier molecular flexibility index (Phi) is 6.58. The van der Waals surface area contributed by atoms with Crippen LogP contribution in [0.4, 0.5) is 8.78 Å². The molecule has 0 aliphatic heterocycles. The van der Waals surface area contributed by atoms with Crippen molar-refractivity contribution in [3.63, 3.8) is 0 Å². The molecule has 16 heavy (non-hydrogen) atoms. The lowest BCUT2D eigenvalue weighted by molar-refractivity contribution is -0.0212. The summed E-state index contributed by atoms with van der Waals surface area (Å²) < 4.78 is 47.6. The SMILES string of the molecule is CCOP(=O)(OCC)C(F)(F)C[C@@H](O)CO. The summed E-state index contributed by atoms with van der Waals surface area (Å²) in [5, 5.41) is 17.4. The summed E-state index contributed by atoms with van der Waals surface area (Å²) in [4.78, 5) is 0. The van der Waals surface area contributed by atoms with Gasteiger partial charge < -0.3 is 19.3 Å². The molecular formula is C8H17F2O5P. The second-order valence-electron chi connectivity index (χ2n) is 3.04. The summed E-state index contributed by atoms with van der Waals surface area (Å²) in [6.45, 7) is 1.59. The Morgan fingerprint density at radius 1 is 1.31 bits per heavy atom. The molecule has 0 aliphatic rings. The zero-order valence-electron chi connectivity index (χ0n) is 9.23. The Bertz CT molecular complexity index is 239. The Balaban J connectivity index is 4.81. The minimum absolute atomic E-state index is 0.192. The molecule has 0 aromatic carbocycles. The number of alkyl halides is 2. The maximum atomic E-state index is 13.5. The molecule has 5 nitrogen and oxygen atoms in total. The number of halogens is 2. The van der Waals surface area contributed by atoms with Crippen LogP contribution in [0.5, 0.6) is 0 Å². The van der Waals surface area contributed by atoms with Crippen molar-refractivity contribution in [3.8, 4) is 0 Å². The van der Waals surface area contributed by atoms with Crippen molar-refractivity contribution in [2.75, 3.05) is 19.8 Å².